The standard InChI is InChI=1S/C14H19NO/c15-10-13-7-2-1-6-12(13)9-14(16)8-11-4-3-5-11/h1-2,6-7,11H,3-5,8-10,15H2. The Balaban J connectivity index is 1.94. The molecule has 0 aromatic heterocycles. The second kappa shape index (κ2) is 5.26. The van der Waals surface area contributed by atoms with Crippen molar-refractivity contribution in [3.63, 3.8) is 0 Å². The van der Waals surface area contributed by atoms with Gasteiger partial charge in [0.2, 0.25) is 0 Å². The first-order chi connectivity index (χ1) is 7.79. The Labute approximate surface area is 96.8 Å². The SMILES string of the molecule is NCc1ccccc1CC(=O)CC1CCC1. The molecule has 2 nitrogen and oxygen atoms in total. The summed E-state index contributed by atoms with van der Waals surface area (Å²) < 4.78 is 0. The van der Waals surface area contributed by atoms with Gasteiger partial charge in [0, 0.05) is 19.4 Å². The lowest BCUT2D eigenvalue weighted by Gasteiger charge is -2.24. The Morgan fingerprint density at radius 3 is 2.50 bits per heavy atom. The molecule has 1 aliphatic rings. The average molecular weight is 217 g/mol. The molecule has 1 aromatic carbocycles. The summed E-state index contributed by atoms with van der Waals surface area (Å²) in [6, 6.07) is 7.97. The first-order valence-corrected chi connectivity index (χ1v) is 6.08. The molecule has 0 atom stereocenters. The van der Waals surface area contributed by atoms with Crippen LogP contribution in [0.1, 0.15) is 36.8 Å². The van der Waals surface area contributed by atoms with Gasteiger partial charge in [0.15, 0.2) is 0 Å². The molecule has 2 N–H and O–H groups in total. The lowest BCUT2D eigenvalue weighted by Crippen LogP contribution is -2.17. The van der Waals surface area contributed by atoms with E-state index in [4.69, 9.17) is 5.73 Å². The number of carbonyl (C=O) groups excluding carboxylic acids is 1. The molecule has 86 valence electrons. The van der Waals surface area contributed by atoms with Crippen LogP contribution in [0.15, 0.2) is 24.3 Å². The maximum Gasteiger partial charge on any atom is 0.137 e. The van der Waals surface area contributed by atoms with Crippen LogP contribution >= 0.6 is 0 Å². The fourth-order valence-corrected chi connectivity index (χ4v) is 2.23. The van der Waals surface area contributed by atoms with Crippen LogP contribution in [-0.2, 0) is 17.8 Å². The molecule has 0 aliphatic heterocycles. The summed E-state index contributed by atoms with van der Waals surface area (Å²) in [4.78, 5) is 11.8. The summed E-state index contributed by atoms with van der Waals surface area (Å²) in [5, 5.41) is 0. The van der Waals surface area contributed by atoms with Gasteiger partial charge in [-0.3, -0.25) is 4.79 Å². The van der Waals surface area contributed by atoms with Crippen LogP contribution in [0.4, 0.5) is 0 Å². The Morgan fingerprint density at radius 2 is 1.94 bits per heavy atom. The van der Waals surface area contributed by atoms with Gasteiger partial charge in [-0.1, -0.05) is 43.5 Å². The summed E-state index contributed by atoms with van der Waals surface area (Å²) >= 11 is 0. The highest BCUT2D eigenvalue weighted by Crippen LogP contribution is 2.29. The highest BCUT2D eigenvalue weighted by molar-refractivity contribution is 5.81. The Bertz CT molecular complexity index is 369. The van der Waals surface area contributed by atoms with E-state index in [-0.39, 0.29) is 0 Å². The van der Waals surface area contributed by atoms with Gasteiger partial charge >= 0.3 is 0 Å². The van der Waals surface area contributed by atoms with Crippen LogP contribution in [0.25, 0.3) is 0 Å². The number of hydrogen-bond acceptors (Lipinski definition) is 2. The second-order valence-electron chi connectivity index (χ2n) is 4.69. The van der Waals surface area contributed by atoms with Crippen LogP contribution < -0.4 is 5.73 Å². The first kappa shape index (κ1) is 11.3. The molecule has 0 spiro atoms. The van der Waals surface area contributed by atoms with Crippen molar-refractivity contribution in [3.8, 4) is 0 Å². The molecule has 1 saturated carbocycles. The normalized spacial score (nSPS) is 15.8. The van der Waals surface area contributed by atoms with Crippen molar-refractivity contribution in [1.29, 1.82) is 0 Å². The molecule has 1 aliphatic carbocycles. The third kappa shape index (κ3) is 2.70. The molecule has 0 amide bonds. The van der Waals surface area contributed by atoms with Gasteiger partial charge in [-0.15, -0.1) is 0 Å². The minimum absolute atomic E-state index is 0.366. The molecule has 2 rings (SSSR count). The van der Waals surface area contributed by atoms with Crippen LogP contribution in [0, 0.1) is 5.92 Å². The molecule has 1 fully saturated rings. The Morgan fingerprint density at radius 1 is 1.25 bits per heavy atom. The van der Waals surface area contributed by atoms with E-state index < -0.39 is 0 Å². The highest BCUT2D eigenvalue weighted by atomic mass is 16.1. The van der Waals surface area contributed by atoms with Crippen molar-refractivity contribution in [1.82, 2.24) is 0 Å². The van der Waals surface area contributed by atoms with Gasteiger partial charge in [0.1, 0.15) is 5.78 Å². The topological polar surface area (TPSA) is 43.1 Å². The molecule has 0 unspecified atom stereocenters. The van der Waals surface area contributed by atoms with Crippen LogP contribution in [0.3, 0.4) is 0 Å². The van der Waals surface area contributed by atoms with Crippen molar-refractivity contribution in [2.45, 2.75) is 38.6 Å². The van der Waals surface area contributed by atoms with E-state index in [0.29, 0.717) is 24.7 Å². The van der Waals surface area contributed by atoms with Gasteiger partial charge in [-0.2, -0.15) is 0 Å². The van der Waals surface area contributed by atoms with Gasteiger partial charge in [0.25, 0.3) is 0 Å². The van der Waals surface area contributed by atoms with E-state index in [1.807, 2.05) is 24.3 Å². The van der Waals surface area contributed by atoms with Gasteiger partial charge in [-0.05, 0) is 17.0 Å². The summed E-state index contributed by atoms with van der Waals surface area (Å²) in [6.45, 7) is 0.521. The van der Waals surface area contributed by atoms with E-state index in [0.717, 1.165) is 17.5 Å². The average Bonchev–Trinajstić information content (AvgIpc) is 2.24. The zero-order valence-corrected chi connectivity index (χ0v) is 9.61. The Kier molecular flexibility index (Phi) is 3.73. The van der Waals surface area contributed by atoms with Crippen LogP contribution in [0.5, 0.6) is 0 Å². The molecule has 0 saturated heterocycles. The summed E-state index contributed by atoms with van der Waals surface area (Å²) in [5.41, 5.74) is 7.86. The fourth-order valence-electron chi connectivity index (χ4n) is 2.23. The minimum atomic E-state index is 0.366. The maximum atomic E-state index is 11.8. The van der Waals surface area contributed by atoms with Crippen molar-refractivity contribution in [3.05, 3.63) is 35.4 Å². The third-order valence-electron chi connectivity index (χ3n) is 3.47. The third-order valence-corrected chi connectivity index (χ3v) is 3.47. The number of rotatable bonds is 5. The smallest absolute Gasteiger partial charge is 0.137 e. The van der Waals surface area contributed by atoms with Gasteiger partial charge < -0.3 is 5.73 Å². The van der Waals surface area contributed by atoms with Gasteiger partial charge in [0.05, 0.1) is 0 Å². The molecule has 2 heteroatoms. The van der Waals surface area contributed by atoms with Crippen molar-refractivity contribution in [2.75, 3.05) is 0 Å². The molecule has 16 heavy (non-hydrogen) atoms. The predicted molar refractivity (Wildman–Crippen MR) is 65.0 cm³/mol. The minimum Gasteiger partial charge on any atom is -0.326 e. The molecular weight excluding hydrogens is 198 g/mol. The molecule has 0 radical (unpaired) electrons. The number of carbonyl (C=O) groups is 1. The number of benzene rings is 1. The summed E-state index contributed by atoms with van der Waals surface area (Å²) in [6.07, 6.45) is 5.11. The lowest BCUT2D eigenvalue weighted by atomic mass is 9.81. The zero-order chi connectivity index (χ0) is 11.4. The van der Waals surface area contributed by atoms with Crippen molar-refractivity contribution < 1.29 is 4.79 Å². The van der Waals surface area contributed by atoms with Crippen LogP contribution in [-0.4, -0.2) is 5.78 Å². The van der Waals surface area contributed by atoms with E-state index in [1.165, 1.54) is 19.3 Å². The van der Waals surface area contributed by atoms with E-state index in [1.54, 1.807) is 0 Å². The predicted octanol–water partition coefficient (Wildman–Crippen LogP) is 2.45. The maximum absolute atomic E-state index is 11.8. The van der Waals surface area contributed by atoms with Gasteiger partial charge in [-0.25, -0.2) is 0 Å². The molecule has 0 bridgehead atoms. The van der Waals surface area contributed by atoms with Crippen molar-refractivity contribution >= 4 is 5.78 Å². The van der Waals surface area contributed by atoms with E-state index in [2.05, 4.69) is 0 Å². The highest BCUT2D eigenvalue weighted by Gasteiger charge is 2.20. The first-order valence-electron chi connectivity index (χ1n) is 6.08. The quantitative estimate of drug-likeness (QED) is 0.823. The Hall–Kier alpha value is -1.15. The monoisotopic (exact) mass is 217 g/mol. The summed E-state index contributed by atoms with van der Waals surface area (Å²) in [7, 11) is 0. The molecule has 1 aromatic rings. The zero-order valence-electron chi connectivity index (χ0n) is 9.61. The van der Waals surface area contributed by atoms with E-state index >= 15 is 0 Å². The lowest BCUT2D eigenvalue weighted by molar-refractivity contribution is -0.119. The van der Waals surface area contributed by atoms with Crippen LogP contribution in [0.2, 0.25) is 0 Å². The largest absolute Gasteiger partial charge is 0.326 e. The number of nitrogens with two attached hydrogens (primary N) is 1. The van der Waals surface area contributed by atoms with Crippen molar-refractivity contribution in [2.24, 2.45) is 11.7 Å². The second-order valence-corrected chi connectivity index (χ2v) is 4.69. The van der Waals surface area contributed by atoms with E-state index in [9.17, 15) is 4.79 Å². The molecule has 0 heterocycles. The number of ketones is 1. The number of hydrogen-bond donors (Lipinski definition) is 1. The fraction of sp³-hybridized carbons (Fsp3) is 0.500. The number of Topliss-reactive ketones (excluding diaryl/α,β-unsaturated/α-hetero) is 1. The summed E-state index contributed by atoms with van der Waals surface area (Å²) in [5.74, 6) is 1.03. The molecular formula is C14H19NO.